The molecule has 1 heterocycles. The molecule has 3 nitrogen and oxygen atoms in total. The minimum Gasteiger partial charge on any atom is -0.461 e. The zero-order chi connectivity index (χ0) is 23.7. The number of ether oxygens (including phenoxy) is 1. The minimum atomic E-state index is -0.137. The van der Waals surface area contributed by atoms with Crippen LogP contribution >= 0.6 is 0 Å². The Morgan fingerprint density at radius 1 is 0.788 bits per heavy atom. The maximum absolute atomic E-state index is 11.7. The van der Waals surface area contributed by atoms with Gasteiger partial charge in [-0.1, -0.05) is 85.9 Å². The number of rotatable bonds is 18. The molecule has 0 aliphatic rings. The van der Waals surface area contributed by atoms with Gasteiger partial charge in [-0.15, -0.1) is 0 Å². The topological polar surface area (TPSA) is 39.2 Å². The van der Waals surface area contributed by atoms with Crippen LogP contribution in [0.15, 0.2) is 97.4 Å². The number of carbonyl (C=O) groups is 1. The lowest BCUT2D eigenvalue weighted by molar-refractivity contribution is -0.145. The van der Waals surface area contributed by atoms with E-state index in [1.807, 2.05) is 12.1 Å². The molecule has 0 saturated carbocycles. The predicted octanol–water partition coefficient (Wildman–Crippen LogP) is 8.38. The average molecular weight is 448 g/mol. The maximum Gasteiger partial charge on any atom is 0.306 e. The molecule has 1 aromatic rings. The van der Waals surface area contributed by atoms with Crippen LogP contribution in [0.2, 0.25) is 0 Å². The number of nitrogens with zero attached hydrogens (tertiary/aromatic N) is 1. The van der Waals surface area contributed by atoms with Crippen LogP contribution in [0.25, 0.3) is 0 Å². The first kappa shape index (κ1) is 28.1. The fraction of sp³-hybridized carbons (Fsp3) is 0.400. The van der Waals surface area contributed by atoms with E-state index in [0.717, 1.165) is 63.4 Å². The van der Waals surface area contributed by atoms with E-state index in [1.54, 1.807) is 12.4 Å². The van der Waals surface area contributed by atoms with Gasteiger partial charge in [0.15, 0.2) is 0 Å². The van der Waals surface area contributed by atoms with Gasteiger partial charge in [0.25, 0.3) is 0 Å². The van der Waals surface area contributed by atoms with Crippen LogP contribution in [0, 0.1) is 0 Å². The summed E-state index contributed by atoms with van der Waals surface area (Å²) in [5, 5.41) is 0. The van der Waals surface area contributed by atoms with Crippen molar-refractivity contribution in [1.82, 2.24) is 4.98 Å². The lowest BCUT2D eigenvalue weighted by Gasteiger charge is -2.04. The van der Waals surface area contributed by atoms with Crippen LogP contribution in [-0.4, -0.2) is 11.0 Å². The smallest absolute Gasteiger partial charge is 0.306 e. The van der Waals surface area contributed by atoms with Gasteiger partial charge in [0, 0.05) is 24.4 Å². The van der Waals surface area contributed by atoms with Crippen molar-refractivity contribution < 1.29 is 9.53 Å². The fourth-order valence-corrected chi connectivity index (χ4v) is 2.89. The van der Waals surface area contributed by atoms with Gasteiger partial charge < -0.3 is 4.74 Å². The normalized spacial score (nSPS) is 12.5. The molecule has 0 radical (unpaired) electrons. The van der Waals surface area contributed by atoms with E-state index in [9.17, 15) is 4.79 Å². The van der Waals surface area contributed by atoms with Gasteiger partial charge in [0.05, 0.1) is 0 Å². The first-order valence-corrected chi connectivity index (χ1v) is 12.3. The number of hydrogen-bond donors (Lipinski definition) is 0. The molecule has 0 amide bonds. The number of unbranched alkanes of at least 4 members (excludes halogenated alkanes) is 2. The zero-order valence-corrected chi connectivity index (χ0v) is 20.3. The van der Waals surface area contributed by atoms with Crippen LogP contribution in [0.4, 0.5) is 0 Å². The highest BCUT2D eigenvalue weighted by Gasteiger charge is 2.02. The highest BCUT2D eigenvalue weighted by molar-refractivity contribution is 5.69. The second-order valence-electron chi connectivity index (χ2n) is 7.68. The van der Waals surface area contributed by atoms with E-state index >= 15 is 0 Å². The van der Waals surface area contributed by atoms with Gasteiger partial charge in [-0.2, -0.15) is 0 Å². The molecule has 0 N–H and O–H groups in total. The Bertz CT molecular complexity index is 770. The number of pyridine rings is 1. The molecule has 1 aromatic heterocycles. The number of aromatic nitrogens is 1. The number of esters is 1. The Kier molecular flexibility index (Phi) is 19.0. The summed E-state index contributed by atoms with van der Waals surface area (Å²) in [5.74, 6) is -0.137. The van der Waals surface area contributed by atoms with E-state index in [4.69, 9.17) is 4.74 Å². The Morgan fingerprint density at radius 2 is 1.33 bits per heavy atom. The number of hydrogen-bond acceptors (Lipinski definition) is 3. The molecule has 0 aliphatic carbocycles. The van der Waals surface area contributed by atoms with Gasteiger partial charge in [-0.25, -0.2) is 0 Å². The largest absolute Gasteiger partial charge is 0.461 e. The van der Waals surface area contributed by atoms with E-state index < -0.39 is 0 Å². The lowest BCUT2D eigenvalue weighted by atomic mass is 10.2. The third-order valence-corrected chi connectivity index (χ3v) is 4.72. The molecule has 0 aromatic carbocycles. The molecule has 0 spiro atoms. The first-order valence-electron chi connectivity index (χ1n) is 12.3. The molecule has 3 heteroatoms. The van der Waals surface area contributed by atoms with Crippen molar-refractivity contribution in [3.63, 3.8) is 0 Å². The summed E-state index contributed by atoms with van der Waals surface area (Å²) >= 11 is 0. The van der Waals surface area contributed by atoms with E-state index in [1.165, 1.54) is 0 Å². The Balaban J connectivity index is 1.92. The van der Waals surface area contributed by atoms with Crippen LogP contribution in [0.1, 0.15) is 76.7 Å². The molecule has 0 atom stereocenters. The van der Waals surface area contributed by atoms with Crippen LogP contribution in [0.3, 0.4) is 0 Å². The summed E-state index contributed by atoms with van der Waals surface area (Å²) in [6, 6.07) is 3.75. The third-order valence-electron chi connectivity index (χ3n) is 4.72. The fourth-order valence-electron chi connectivity index (χ4n) is 2.89. The van der Waals surface area contributed by atoms with Crippen molar-refractivity contribution in [3.8, 4) is 0 Å². The van der Waals surface area contributed by atoms with Gasteiger partial charge in [-0.05, 0) is 63.9 Å². The summed E-state index contributed by atoms with van der Waals surface area (Å²) < 4.78 is 5.25. The second kappa shape index (κ2) is 22.3. The monoisotopic (exact) mass is 447 g/mol. The molecule has 0 fully saturated rings. The molecular formula is C30H41NO2. The Morgan fingerprint density at radius 3 is 1.85 bits per heavy atom. The maximum atomic E-state index is 11.7. The molecule has 0 saturated heterocycles. The Hall–Kier alpha value is -2.94. The molecular weight excluding hydrogens is 406 g/mol. The highest BCUT2D eigenvalue weighted by Crippen LogP contribution is 2.05. The Labute approximate surface area is 201 Å². The van der Waals surface area contributed by atoms with Crippen LogP contribution in [-0.2, 0) is 16.1 Å². The van der Waals surface area contributed by atoms with Crippen LogP contribution in [0.5, 0.6) is 0 Å². The van der Waals surface area contributed by atoms with Crippen molar-refractivity contribution in [2.75, 3.05) is 0 Å². The summed E-state index contributed by atoms with van der Waals surface area (Å²) in [7, 11) is 0. The predicted molar refractivity (Wildman–Crippen MR) is 141 cm³/mol. The van der Waals surface area contributed by atoms with Crippen molar-refractivity contribution in [2.24, 2.45) is 0 Å². The van der Waals surface area contributed by atoms with Gasteiger partial charge >= 0.3 is 5.97 Å². The van der Waals surface area contributed by atoms with E-state index in [2.05, 4.69) is 84.8 Å². The molecule has 0 bridgehead atoms. The molecule has 1 rings (SSSR count). The summed E-state index contributed by atoms with van der Waals surface area (Å²) in [6.45, 7) is 2.46. The molecule has 0 aliphatic heterocycles. The minimum absolute atomic E-state index is 0.137. The number of carbonyl (C=O) groups excluding carboxylic acids is 1. The highest BCUT2D eigenvalue weighted by atomic mass is 16.5. The van der Waals surface area contributed by atoms with E-state index in [-0.39, 0.29) is 5.97 Å². The summed E-state index contributed by atoms with van der Waals surface area (Å²) in [4.78, 5) is 15.7. The molecule has 33 heavy (non-hydrogen) atoms. The van der Waals surface area contributed by atoms with E-state index in [0.29, 0.717) is 13.0 Å². The van der Waals surface area contributed by atoms with Gasteiger partial charge in [-0.3, -0.25) is 9.78 Å². The van der Waals surface area contributed by atoms with Gasteiger partial charge in [0.1, 0.15) is 6.61 Å². The van der Waals surface area contributed by atoms with Crippen molar-refractivity contribution in [1.29, 1.82) is 0 Å². The van der Waals surface area contributed by atoms with Gasteiger partial charge in [0.2, 0.25) is 0 Å². The quantitative estimate of drug-likeness (QED) is 0.129. The molecule has 0 unspecified atom stereocenters. The first-order chi connectivity index (χ1) is 16.3. The third kappa shape index (κ3) is 19.5. The SMILES string of the molecule is CC/C=C\C/C=C\C/C=C\C/C=C\C/C=C\C/C=C\CCCCC(=O)OCc1cccnc1. The second-order valence-corrected chi connectivity index (χ2v) is 7.68. The lowest BCUT2D eigenvalue weighted by Crippen LogP contribution is -2.04. The number of allylic oxidation sites excluding steroid dienone is 12. The van der Waals surface area contributed by atoms with Crippen molar-refractivity contribution in [3.05, 3.63) is 103 Å². The zero-order valence-electron chi connectivity index (χ0n) is 20.3. The standard InChI is InChI=1S/C30H41NO2/c1-2-3-4-5-6-7-8-9-10-11-12-13-14-15-16-17-18-19-20-21-22-25-30(32)33-28-29-24-23-26-31-27-29/h3-4,6-7,9-10,12-13,15-16,18-19,23-24,26-27H,2,5,8,11,14,17,20-22,25,28H2,1H3/b4-3-,7-6-,10-9-,13-12-,16-15-,19-18-. The average Bonchev–Trinajstić information content (AvgIpc) is 2.84. The van der Waals surface area contributed by atoms with Crippen molar-refractivity contribution >= 4 is 5.97 Å². The van der Waals surface area contributed by atoms with Crippen molar-refractivity contribution in [2.45, 2.75) is 77.7 Å². The summed E-state index contributed by atoms with van der Waals surface area (Å²) in [5.41, 5.74) is 0.920. The summed E-state index contributed by atoms with van der Waals surface area (Å²) in [6.07, 6.45) is 39.3. The molecule has 178 valence electrons. The van der Waals surface area contributed by atoms with Crippen LogP contribution < -0.4 is 0 Å².